The standard InChI is InChI=1S/C14H23N3O2/c1-4-7-15-11(8-10-5-6-10)13-14(19-3)17-12(18-2)9-16-13/h9-11,15H,4-8H2,1-3H3. The predicted octanol–water partition coefficient (Wildman–Crippen LogP) is 2.33. The maximum atomic E-state index is 5.36. The highest BCUT2D eigenvalue weighted by Crippen LogP contribution is 2.38. The van der Waals surface area contributed by atoms with E-state index in [-0.39, 0.29) is 6.04 Å². The molecule has 1 N–H and O–H groups in total. The molecule has 5 heteroatoms. The minimum Gasteiger partial charge on any atom is -0.480 e. The monoisotopic (exact) mass is 265 g/mol. The molecule has 5 nitrogen and oxygen atoms in total. The fourth-order valence-corrected chi connectivity index (χ4v) is 2.15. The molecule has 1 aliphatic carbocycles. The van der Waals surface area contributed by atoms with E-state index >= 15 is 0 Å². The van der Waals surface area contributed by atoms with Crippen LogP contribution in [0.3, 0.4) is 0 Å². The van der Waals surface area contributed by atoms with Crippen molar-refractivity contribution in [2.45, 2.75) is 38.6 Å². The number of nitrogens with one attached hydrogen (secondary N) is 1. The molecule has 0 aliphatic heterocycles. The zero-order valence-corrected chi connectivity index (χ0v) is 12.0. The number of rotatable bonds is 8. The summed E-state index contributed by atoms with van der Waals surface area (Å²) in [6.45, 7) is 3.15. The van der Waals surface area contributed by atoms with Crippen LogP contribution in [-0.2, 0) is 0 Å². The van der Waals surface area contributed by atoms with Crippen molar-refractivity contribution >= 4 is 0 Å². The lowest BCUT2D eigenvalue weighted by molar-refractivity contribution is 0.345. The molecule has 2 rings (SSSR count). The third-order valence-electron chi connectivity index (χ3n) is 3.38. The molecule has 0 radical (unpaired) electrons. The highest BCUT2D eigenvalue weighted by Gasteiger charge is 2.28. The number of nitrogens with zero attached hydrogens (tertiary/aromatic N) is 2. The van der Waals surface area contributed by atoms with Crippen molar-refractivity contribution < 1.29 is 9.47 Å². The Labute approximate surface area is 114 Å². The Morgan fingerprint density at radius 2 is 2.16 bits per heavy atom. The molecule has 0 amide bonds. The van der Waals surface area contributed by atoms with Gasteiger partial charge in [-0.3, -0.25) is 0 Å². The molecule has 1 aromatic rings. The van der Waals surface area contributed by atoms with Crippen molar-refractivity contribution in [3.63, 3.8) is 0 Å². The van der Waals surface area contributed by atoms with Crippen LogP contribution in [-0.4, -0.2) is 30.7 Å². The first-order valence-electron chi connectivity index (χ1n) is 6.96. The minimum absolute atomic E-state index is 0.223. The Hall–Kier alpha value is -1.36. The van der Waals surface area contributed by atoms with Crippen LogP contribution in [0.1, 0.15) is 44.3 Å². The second-order valence-corrected chi connectivity index (χ2v) is 4.99. The number of hydrogen-bond donors (Lipinski definition) is 1. The van der Waals surface area contributed by atoms with E-state index in [1.807, 2.05) is 0 Å². The maximum absolute atomic E-state index is 5.36. The molecule has 0 spiro atoms. The lowest BCUT2D eigenvalue weighted by Gasteiger charge is -2.19. The van der Waals surface area contributed by atoms with E-state index in [2.05, 4.69) is 22.2 Å². The van der Waals surface area contributed by atoms with Gasteiger partial charge < -0.3 is 14.8 Å². The summed E-state index contributed by atoms with van der Waals surface area (Å²) in [6, 6.07) is 0.223. The van der Waals surface area contributed by atoms with Crippen molar-refractivity contribution in [1.29, 1.82) is 0 Å². The first-order chi connectivity index (χ1) is 9.28. The van der Waals surface area contributed by atoms with E-state index in [9.17, 15) is 0 Å². The van der Waals surface area contributed by atoms with E-state index < -0.39 is 0 Å². The highest BCUT2D eigenvalue weighted by atomic mass is 16.5. The summed E-state index contributed by atoms with van der Waals surface area (Å²) in [5, 5.41) is 3.55. The van der Waals surface area contributed by atoms with Crippen LogP contribution in [0.5, 0.6) is 11.8 Å². The summed E-state index contributed by atoms with van der Waals surface area (Å²) >= 11 is 0. The van der Waals surface area contributed by atoms with Crippen molar-refractivity contribution in [3.8, 4) is 11.8 Å². The van der Waals surface area contributed by atoms with Crippen molar-refractivity contribution in [2.24, 2.45) is 5.92 Å². The van der Waals surface area contributed by atoms with Gasteiger partial charge in [0.1, 0.15) is 5.69 Å². The Bertz CT molecular complexity index is 408. The zero-order valence-electron chi connectivity index (χ0n) is 12.0. The molecule has 0 saturated heterocycles. The molecular weight excluding hydrogens is 242 g/mol. The molecule has 0 bridgehead atoms. The molecule has 1 aromatic heterocycles. The van der Waals surface area contributed by atoms with Gasteiger partial charge in [-0.1, -0.05) is 19.8 Å². The minimum atomic E-state index is 0.223. The number of ether oxygens (including phenoxy) is 2. The van der Waals surface area contributed by atoms with Crippen LogP contribution >= 0.6 is 0 Å². The van der Waals surface area contributed by atoms with Crippen LogP contribution in [0.15, 0.2) is 6.20 Å². The number of hydrogen-bond acceptors (Lipinski definition) is 5. The van der Waals surface area contributed by atoms with E-state index in [0.717, 1.165) is 31.0 Å². The molecule has 1 fully saturated rings. The van der Waals surface area contributed by atoms with Crippen molar-refractivity contribution in [1.82, 2.24) is 15.3 Å². The summed E-state index contributed by atoms with van der Waals surface area (Å²) in [5.74, 6) is 1.87. The van der Waals surface area contributed by atoms with Gasteiger partial charge in [0.25, 0.3) is 0 Å². The summed E-state index contributed by atoms with van der Waals surface area (Å²) in [7, 11) is 3.21. The lowest BCUT2D eigenvalue weighted by Crippen LogP contribution is -2.24. The van der Waals surface area contributed by atoms with Crippen LogP contribution in [0.4, 0.5) is 0 Å². The average molecular weight is 265 g/mol. The third kappa shape index (κ3) is 3.80. The van der Waals surface area contributed by atoms with Gasteiger partial charge in [-0.05, 0) is 25.3 Å². The fraction of sp³-hybridized carbons (Fsp3) is 0.714. The van der Waals surface area contributed by atoms with E-state index in [4.69, 9.17) is 9.47 Å². The van der Waals surface area contributed by atoms with E-state index in [0.29, 0.717) is 11.8 Å². The van der Waals surface area contributed by atoms with Crippen LogP contribution in [0, 0.1) is 5.92 Å². The van der Waals surface area contributed by atoms with E-state index in [1.54, 1.807) is 20.4 Å². The lowest BCUT2D eigenvalue weighted by atomic mass is 10.1. The van der Waals surface area contributed by atoms with Crippen LogP contribution in [0.25, 0.3) is 0 Å². The number of methoxy groups -OCH3 is 2. The fourth-order valence-electron chi connectivity index (χ4n) is 2.15. The molecule has 19 heavy (non-hydrogen) atoms. The smallest absolute Gasteiger partial charge is 0.240 e. The topological polar surface area (TPSA) is 56.3 Å². The Morgan fingerprint density at radius 1 is 1.37 bits per heavy atom. The molecule has 106 valence electrons. The SMILES string of the molecule is CCCNC(CC1CC1)c1ncc(OC)nc1OC. The molecular formula is C14H23N3O2. The summed E-state index contributed by atoms with van der Waals surface area (Å²) in [5.41, 5.74) is 0.892. The second-order valence-electron chi connectivity index (χ2n) is 4.99. The molecule has 0 aromatic carbocycles. The van der Waals surface area contributed by atoms with Crippen molar-refractivity contribution in [3.05, 3.63) is 11.9 Å². The summed E-state index contributed by atoms with van der Waals surface area (Å²) in [4.78, 5) is 8.80. The zero-order chi connectivity index (χ0) is 13.7. The van der Waals surface area contributed by atoms with Gasteiger partial charge in [-0.25, -0.2) is 4.98 Å². The molecule has 1 unspecified atom stereocenters. The molecule has 1 aliphatic rings. The summed E-state index contributed by atoms with van der Waals surface area (Å²) in [6.07, 6.45) is 6.53. The number of aromatic nitrogens is 2. The Morgan fingerprint density at radius 3 is 2.74 bits per heavy atom. The maximum Gasteiger partial charge on any atom is 0.240 e. The van der Waals surface area contributed by atoms with Gasteiger partial charge in [0, 0.05) is 0 Å². The van der Waals surface area contributed by atoms with Gasteiger partial charge in [-0.2, -0.15) is 4.98 Å². The average Bonchev–Trinajstić information content (AvgIpc) is 3.26. The first kappa shape index (κ1) is 14.1. The first-order valence-corrected chi connectivity index (χ1v) is 6.96. The van der Waals surface area contributed by atoms with E-state index in [1.165, 1.54) is 12.8 Å². The van der Waals surface area contributed by atoms with Gasteiger partial charge in [-0.15, -0.1) is 0 Å². The van der Waals surface area contributed by atoms with Crippen LogP contribution in [0.2, 0.25) is 0 Å². The van der Waals surface area contributed by atoms with Crippen LogP contribution < -0.4 is 14.8 Å². The third-order valence-corrected chi connectivity index (χ3v) is 3.38. The van der Waals surface area contributed by atoms with Gasteiger partial charge >= 0.3 is 0 Å². The Balaban J connectivity index is 2.17. The van der Waals surface area contributed by atoms with Gasteiger partial charge in [0.05, 0.1) is 26.5 Å². The molecule has 1 atom stereocenters. The largest absolute Gasteiger partial charge is 0.480 e. The Kier molecular flexibility index (Phi) is 4.96. The molecule has 1 saturated carbocycles. The van der Waals surface area contributed by atoms with Gasteiger partial charge in [0.15, 0.2) is 0 Å². The van der Waals surface area contributed by atoms with Crippen molar-refractivity contribution in [2.75, 3.05) is 20.8 Å². The van der Waals surface area contributed by atoms with Gasteiger partial charge in [0.2, 0.25) is 11.8 Å². The summed E-state index contributed by atoms with van der Waals surface area (Å²) < 4.78 is 10.4. The predicted molar refractivity (Wildman–Crippen MR) is 73.5 cm³/mol. The second kappa shape index (κ2) is 6.70. The molecule has 1 heterocycles. The normalized spacial score (nSPS) is 16.2. The highest BCUT2D eigenvalue weighted by molar-refractivity contribution is 5.26. The quantitative estimate of drug-likeness (QED) is 0.782.